The first-order chi connectivity index (χ1) is 7.52. The average Bonchev–Trinajstić information content (AvgIpc) is 2.58. The minimum Gasteiger partial charge on any atom is -0.359 e. The second kappa shape index (κ2) is 5.12. The molecule has 0 saturated heterocycles. The molecule has 82 valence electrons. The summed E-state index contributed by atoms with van der Waals surface area (Å²) in [4.78, 5) is 19.2. The Morgan fingerprint density at radius 2 is 1.88 bits per heavy atom. The standard InChI is InChI=1S/C6H2N4O6.Rb/c11-8(12)4-2-1-3-5(6(4)9(13)14)7-16-10(3)15;/h1-2H;/q;+1. The molecule has 0 N–H and O–H groups in total. The molecule has 0 spiro atoms. The Morgan fingerprint density at radius 3 is 2.41 bits per heavy atom. The van der Waals surface area contributed by atoms with E-state index in [0.29, 0.717) is 0 Å². The van der Waals surface area contributed by atoms with E-state index in [9.17, 15) is 25.4 Å². The molecule has 2 aromatic rings. The molecule has 0 bridgehead atoms. The number of nitro benzene ring substituents is 2. The number of nitrogens with zero attached hydrogens (tertiary/aromatic N) is 4. The molecule has 0 fully saturated rings. The number of fused-ring (bicyclic) bond motifs is 1. The molecule has 1 aromatic carbocycles. The van der Waals surface area contributed by atoms with Gasteiger partial charge in [-0.2, -0.15) is 0 Å². The van der Waals surface area contributed by atoms with Crippen LogP contribution in [-0.4, -0.2) is 15.0 Å². The molecule has 0 atom stereocenters. The molecular weight excluding hydrogens is 310 g/mol. The molecule has 0 aliphatic carbocycles. The predicted molar refractivity (Wildman–Crippen MR) is 46.3 cm³/mol. The van der Waals surface area contributed by atoms with Crippen LogP contribution < -0.4 is 63.1 Å². The molecule has 10 nitrogen and oxygen atoms in total. The van der Waals surface area contributed by atoms with E-state index >= 15 is 0 Å². The van der Waals surface area contributed by atoms with Gasteiger partial charge in [-0.25, -0.2) is 0 Å². The van der Waals surface area contributed by atoms with Gasteiger partial charge >= 0.3 is 75.1 Å². The number of rotatable bonds is 2. The van der Waals surface area contributed by atoms with E-state index < -0.39 is 26.7 Å². The van der Waals surface area contributed by atoms with E-state index in [1.807, 2.05) is 0 Å². The van der Waals surface area contributed by atoms with Crippen molar-refractivity contribution in [1.82, 2.24) is 5.16 Å². The normalized spacial score (nSPS) is 9.88. The first-order valence-electron chi connectivity index (χ1n) is 3.83. The molecule has 0 aliphatic rings. The molecule has 0 saturated carbocycles. The zero-order chi connectivity index (χ0) is 11.9. The summed E-state index contributed by atoms with van der Waals surface area (Å²) in [5.41, 5.74) is -2.29. The van der Waals surface area contributed by atoms with Crippen molar-refractivity contribution in [2.75, 3.05) is 0 Å². The molecule has 0 unspecified atom stereocenters. The van der Waals surface area contributed by atoms with Gasteiger partial charge < -0.3 is 5.21 Å². The number of aromatic nitrogens is 2. The van der Waals surface area contributed by atoms with Crippen LogP contribution in [0.1, 0.15) is 0 Å². The molecule has 1 heterocycles. The molecule has 17 heavy (non-hydrogen) atoms. The van der Waals surface area contributed by atoms with Crippen molar-refractivity contribution in [1.29, 1.82) is 0 Å². The summed E-state index contributed by atoms with van der Waals surface area (Å²) in [6, 6.07) is 1.88. The average molecular weight is 312 g/mol. The minimum absolute atomic E-state index is 0. The molecule has 0 radical (unpaired) electrons. The fourth-order valence-electron chi connectivity index (χ4n) is 1.24. The van der Waals surface area contributed by atoms with Crippen LogP contribution in [0.3, 0.4) is 0 Å². The van der Waals surface area contributed by atoms with Crippen LogP contribution in [0, 0.1) is 25.4 Å². The first kappa shape index (κ1) is 14.1. The fourth-order valence-corrected chi connectivity index (χ4v) is 1.24. The summed E-state index contributed by atoms with van der Waals surface area (Å²) in [5.74, 6) is 0. The van der Waals surface area contributed by atoms with Crippen LogP contribution in [0.5, 0.6) is 0 Å². The number of nitro groups is 2. The Morgan fingerprint density at radius 1 is 1.24 bits per heavy atom. The number of benzene rings is 1. The number of hydrogen-bond acceptors (Lipinski definition) is 7. The first-order valence-corrected chi connectivity index (χ1v) is 3.83. The Kier molecular flexibility index (Phi) is 4.24. The van der Waals surface area contributed by atoms with E-state index in [4.69, 9.17) is 0 Å². The maximum absolute atomic E-state index is 10.9. The number of hydrogen-bond donors (Lipinski definition) is 0. The molecule has 0 aliphatic heterocycles. The van der Waals surface area contributed by atoms with Crippen molar-refractivity contribution in [2.45, 2.75) is 0 Å². The van der Waals surface area contributed by atoms with Gasteiger partial charge in [0.2, 0.25) is 5.52 Å². The van der Waals surface area contributed by atoms with Crippen LogP contribution in [-0.2, 0) is 0 Å². The topological polar surface area (TPSA) is 139 Å². The van der Waals surface area contributed by atoms with Crippen LogP contribution in [0.15, 0.2) is 16.8 Å². The van der Waals surface area contributed by atoms with Gasteiger partial charge in [-0.3, -0.25) is 24.9 Å². The molecule has 11 heteroatoms. The van der Waals surface area contributed by atoms with Gasteiger partial charge in [-0.1, -0.05) is 0 Å². The van der Waals surface area contributed by atoms with Crippen molar-refractivity contribution < 1.29 is 77.6 Å². The summed E-state index contributed by atoms with van der Waals surface area (Å²) in [6.45, 7) is 0. The third kappa shape index (κ3) is 2.34. The quantitative estimate of drug-likeness (QED) is 0.333. The summed E-state index contributed by atoms with van der Waals surface area (Å²) < 4.78 is 4.12. The zero-order valence-corrected chi connectivity index (χ0v) is 13.3. The van der Waals surface area contributed by atoms with Crippen molar-refractivity contribution >= 4 is 22.4 Å². The third-order valence-corrected chi connectivity index (χ3v) is 1.89. The summed E-state index contributed by atoms with van der Waals surface area (Å²) in [5, 5.41) is 35.2. The summed E-state index contributed by atoms with van der Waals surface area (Å²) in [6.07, 6.45) is 0. The minimum atomic E-state index is -0.983. The van der Waals surface area contributed by atoms with E-state index in [1.165, 1.54) is 0 Å². The zero-order valence-electron chi connectivity index (χ0n) is 8.39. The van der Waals surface area contributed by atoms with Crippen LogP contribution in [0.25, 0.3) is 11.0 Å². The second-order valence-electron chi connectivity index (χ2n) is 2.75. The van der Waals surface area contributed by atoms with E-state index in [2.05, 4.69) is 9.79 Å². The van der Waals surface area contributed by atoms with Crippen LogP contribution in [0.2, 0.25) is 0 Å². The largest absolute Gasteiger partial charge is 1.00 e. The van der Waals surface area contributed by atoms with Gasteiger partial charge in [0.15, 0.2) is 0 Å². The molecule has 1 aromatic heterocycles. The SMILES string of the molecule is O=[N+]([O-])c1ccc2c(no[n+]2[O-])c1[N+](=O)[O-].[Rb+]. The fraction of sp³-hybridized carbons (Fsp3) is 0. The molecular formula is C6H2N4O6Rb+. The van der Waals surface area contributed by atoms with Gasteiger partial charge in [0.1, 0.15) is 0 Å². The van der Waals surface area contributed by atoms with E-state index in [0.717, 1.165) is 12.1 Å². The Labute approximate surface area is 141 Å². The molecule has 0 amide bonds. The Hall–Kier alpha value is -0.975. The monoisotopic (exact) mass is 311 g/mol. The predicted octanol–water partition coefficient (Wildman–Crippen LogP) is -2.72. The Balaban J connectivity index is 0.00000144. The maximum atomic E-state index is 10.9. The van der Waals surface area contributed by atoms with Crippen LogP contribution >= 0.6 is 0 Å². The second-order valence-corrected chi connectivity index (χ2v) is 2.75. The van der Waals surface area contributed by atoms with Gasteiger partial charge in [-0.15, -0.1) is 0 Å². The van der Waals surface area contributed by atoms with Crippen molar-refractivity contribution in [2.24, 2.45) is 0 Å². The summed E-state index contributed by atoms with van der Waals surface area (Å²) in [7, 11) is 0. The van der Waals surface area contributed by atoms with E-state index in [-0.39, 0.29) is 68.6 Å². The maximum Gasteiger partial charge on any atom is 1.00 e. The van der Waals surface area contributed by atoms with Gasteiger partial charge in [-0.05, 0) is 4.90 Å². The van der Waals surface area contributed by atoms with Gasteiger partial charge in [0, 0.05) is 12.1 Å². The van der Waals surface area contributed by atoms with Crippen molar-refractivity contribution in [3.8, 4) is 0 Å². The smallest absolute Gasteiger partial charge is 0.359 e. The van der Waals surface area contributed by atoms with Crippen LogP contribution in [0.4, 0.5) is 11.4 Å². The summed E-state index contributed by atoms with van der Waals surface area (Å²) >= 11 is 0. The van der Waals surface area contributed by atoms with Gasteiger partial charge in [0.25, 0.3) is 0 Å². The van der Waals surface area contributed by atoms with Gasteiger partial charge in [0.05, 0.1) is 15.0 Å². The third-order valence-electron chi connectivity index (χ3n) is 1.89. The Bertz CT molecular complexity index is 610. The van der Waals surface area contributed by atoms with E-state index in [1.54, 1.807) is 0 Å². The van der Waals surface area contributed by atoms with Crippen molar-refractivity contribution in [3.05, 3.63) is 37.6 Å². The van der Waals surface area contributed by atoms with Crippen molar-refractivity contribution in [3.63, 3.8) is 0 Å². The molecule has 2 rings (SSSR count).